The van der Waals surface area contributed by atoms with Crippen LogP contribution in [0.2, 0.25) is 0 Å². The zero-order valence-corrected chi connectivity index (χ0v) is 10.9. The molecule has 3 nitrogen and oxygen atoms in total. The maximum atomic E-state index is 11.6. The van der Waals surface area contributed by atoms with Crippen LogP contribution >= 0.6 is 0 Å². The van der Waals surface area contributed by atoms with Crippen molar-refractivity contribution >= 4 is 5.91 Å². The first-order chi connectivity index (χ1) is 7.63. The summed E-state index contributed by atoms with van der Waals surface area (Å²) in [4.78, 5) is 11.6. The van der Waals surface area contributed by atoms with Gasteiger partial charge in [0.25, 0.3) is 0 Å². The van der Waals surface area contributed by atoms with Crippen LogP contribution in [0.4, 0.5) is 0 Å². The third-order valence-electron chi connectivity index (χ3n) is 3.46. The topological polar surface area (TPSA) is 41.1 Å². The van der Waals surface area contributed by atoms with E-state index in [1.807, 2.05) is 6.92 Å². The van der Waals surface area contributed by atoms with E-state index in [0.29, 0.717) is 5.41 Å². The van der Waals surface area contributed by atoms with E-state index in [-0.39, 0.29) is 11.9 Å². The lowest BCUT2D eigenvalue weighted by atomic mass is 10.0. The van der Waals surface area contributed by atoms with Gasteiger partial charge in [0.05, 0.1) is 6.04 Å². The van der Waals surface area contributed by atoms with Gasteiger partial charge in [-0.25, -0.2) is 0 Å². The van der Waals surface area contributed by atoms with Crippen LogP contribution in [0.15, 0.2) is 0 Å². The van der Waals surface area contributed by atoms with Crippen LogP contribution in [0, 0.1) is 5.41 Å². The maximum absolute atomic E-state index is 11.6. The van der Waals surface area contributed by atoms with Crippen molar-refractivity contribution in [3.63, 3.8) is 0 Å². The van der Waals surface area contributed by atoms with Crippen molar-refractivity contribution in [3.8, 4) is 0 Å². The van der Waals surface area contributed by atoms with Gasteiger partial charge in [0, 0.05) is 13.1 Å². The minimum Gasteiger partial charge on any atom is -0.355 e. The summed E-state index contributed by atoms with van der Waals surface area (Å²) in [6.45, 7) is 8.04. The zero-order valence-electron chi connectivity index (χ0n) is 10.9. The first kappa shape index (κ1) is 13.5. The second kappa shape index (κ2) is 6.24. The Labute approximate surface area is 99.4 Å². The third-order valence-corrected chi connectivity index (χ3v) is 3.46. The molecule has 94 valence electrons. The van der Waals surface area contributed by atoms with Gasteiger partial charge in [-0.15, -0.1) is 0 Å². The Morgan fingerprint density at radius 2 is 2.00 bits per heavy atom. The minimum atomic E-state index is -0.0547. The Morgan fingerprint density at radius 1 is 1.31 bits per heavy atom. The van der Waals surface area contributed by atoms with Crippen LogP contribution in [0.3, 0.4) is 0 Å². The van der Waals surface area contributed by atoms with E-state index in [1.165, 1.54) is 25.7 Å². The van der Waals surface area contributed by atoms with Crippen molar-refractivity contribution in [2.24, 2.45) is 5.41 Å². The van der Waals surface area contributed by atoms with Gasteiger partial charge in [0.2, 0.25) is 5.91 Å². The van der Waals surface area contributed by atoms with Crippen LogP contribution in [0.25, 0.3) is 0 Å². The molecule has 0 aromatic rings. The fraction of sp³-hybridized carbons (Fsp3) is 0.923. The van der Waals surface area contributed by atoms with Crippen molar-refractivity contribution in [1.29, 1.82) is 0 Å². The lowest BCUT2D eigenvalue weighted by Crippen LogP contribution is -2.44. The number of hydrogen-bond acceptors (Lipinski definition) is 2. The summed E-state index contributed by atoms with van der Waals surface area (Å²) in [6, 6.07) is -0.0547. The normalized spacial score (nSPS) is 19.2. The smallest absolute Gasteiger partial charge is 0.236 e. The molecule has 3 heteroatoms. The van der Waals surface area contributed by atoms with Gasteiger partial charge in [-0.3, -0.25) is 4.79 Å². The van der Waals surface area contributed by atoms with Crippen molar-refractivity contribution in [2.75, 3.05) is 13.1 Å². The summed E-state index contributed by atoms with van der Waals surface area (Å²) in [5.41, 5.74) is 0.522. The molecule has 0 heterocycles. The number of amides is 1. The first-order valence-corrected chi connectivity index (χ1v) is 6.64. The molecule has 0 spiro atoms. The van der Waals surface area contributed by atoms with Gasteiger partial charge in [-0.1, -0.05) is 20.3 Å². The summed E-state index contributed by atoms with van der Waals surface area (Å²) in [7, 11) is 0. The molecular formula is C13H26N2O. The molecule has 1 aliphatic carbocycles. The zero-order chi connectivity index (χ0) is 12.0. The molecule has 1 amide bonds. The van der Waals surface area contributed by atoms with Crippen LogP contribution in [-0.4, -0.2) is 25.0 Å². The number of nitrogens with one attached hydrogen (secondary N) is 2. The lowest BCUT2D eigenvalue weighted by molar-refractivity contribution is -0.122. The SMILES string of the molecule is CCCNC(=O)C(C)NCC1(CCC)CC1. The molecule has 0 aromatic carbocycles. The number of carbonyl (C=O) groups is 1. The first-order valence-electron chi connectivity index (χ1n) is 6.64. The number of rotatable bonds is 8. The van der Waals surface area contributed by atoms with Crippen molar-refractivity contribution in [1.82, 2.24) is 10.6 Å². The van der Waals surface area contributed by atoms with Gasteiger partial charge in [0.1, 0.15) is 0 Å². The molecule has 0 radical (unpaired) electrons. The Kier molecular flexibility index (Phi) is 5.26. The molecule has 1 aliphatic rings. The average Bonchev–Trinajstić information content (AvgIpc) is 3.03. The average molecular weight is 226 g/mol. The van der Waals surface area contributed by atoms with E-state index in [1.54, 1.807) is 0 Å². The quantitative estimate of drug-likeness (QED) is 0.665. The van der Waals surface area contributed by atoms with Crippen molar-refractivity contribution in [2.45, 2.75) is 58.9 Å². The molecule has 0 saturated heterocycles. The van der Waals surface area contributed by atoms with Gasteiger partial charge >= 0.3 is 0 Å². The van der Waals surface area contributed by atoms with Gasteiger partial charge in [-0.2, -0.15) is 0 Å². The summed E-state index contributed by atoms with van der Waals surface area (Å²) in [5.74, 6) is 0.133. The molecule has 0 bridgehead atoms. The molecule has 1 unspecified atom stereocenters. The largest absolute Gasteiger partial charge is 0.355 e. The second-order valence-corrected chi connectivity index (χ2v) is 5.14. The molecule has 2 N–H and O–H groups in total. The highest BCUT2D eigenvalue weighted by molar-refractivity contribution is 5.81. The third kappa shape index (κ3) is 4.12. The van der Waals surface area contributed by atoms with E-state index in [0.717, 1.165) is 19.5 Å². The summed E-state index contributed by atoms with van der Waals surface area (Å²) < 4.78 is 0. The van der Waals surface area contributed by atoms with Crippen molar-refractivity contribution in [3.05, 3.63) is 0 Å². The van der Waals surface area contributed by atoms with Crippen LogP contribution in [-0.2, 0) is 4.79 Å². The molecule has 1 rings (SSSR count). The highest BCUT2D eigenvalue weighted by Crippen LogP contribution is 2.48. The number of carbonyl (C=O) groups excluding carboxylic acids is 1. The molecule has 16 heavy (non-hydrogen) atoms. The predicted molar refractivity (Wildman–Crippen MR) is 67.3 cm³/mol. The molecular weight excluding hydrogens is 200 g/mol. The van der Waals surface area contributed by atoms with E-state index in [9.17, 15) is 4.79 Å². The monoisotopic (exact) mass is 226 g/mol. The molecule has 1 fully saturated rings. The van der Waals surface area contributed by atoms with Gasteiger partial charge in [-0.05, 0) is 38.0 Å². The fourth-order valence-corrected chi connectivity index (χ4v) is 2.09. The minimum absolute atomic E-state index is 0.0547. The van der Waals surface area contributed by atoms with E-state index < -0.39 is 0 Å². The molecule has 1 saturated carbocycles. The lowest BCUT2D eigenvalue weighted by Gasteiger charge is -2.19. The van der Waals surface area contributed by atoms with E-state index in [4.69, 9.17) is 0 Å². The second-order valence-electron chi connectivity index (χ2n) is 5.14. The molecule has 1 atom stereocenters. The van der Waals surface area contributed by atoms with E-state index in [2.05, 4.69) is 24.5 Å². The number of hydrogen-bond donors (Lipinski definition) is 2. The summed E-state index contributed by atoms with van der Waals surface area (Å²) in [5, 5.41) is 6.29. The summed E-state index contributed by atoms with van der Waals surface area (Å²) in [6.07, 6.45) is 6.20. The van der Waals surface area contributed by atoms with Crippen molar-refractivity contribution < 1.29 is 4.79 Å². The highest BCUT2D eigenvalue weighted by Gasteiger charge is 2.41. The Bertz CT molecular complexity index is 224. The van der Waals surface area contributed by atoms with Gasteiger partial charge in [0.15, 0.2) is 0 Å². The maximum Gasteiger partial charge on any atom is 0.236 e. The Morgan fingerprint density at radius 3 is 2.50 bits per heavy atom. The Hall–Kier alpha value is -0.570. The van der Waals surface area contributed by atoms with Gasteiger partial charge < -0.3 is 10.6 Å². The predicted octanol–water partition coefficient (Wildman–Crippen LogP) is 2.07. The highest BCUT2D eigenvalue weighted by atomic mass is 16.2. The molecule has 0 aromatic heterocycles. The Balaban J connectivity index is 2.19. The van der Waals surface area contributed by atoms with Crippen LogP contribution < -0.4 is 10.6 Å². The van der Waals surface area contributed by atoms with Crippen LogP contribution in [0.1, 0.15) is 52.9 Å². The summed E-state index contributed by atoms with van der Waals surface area (Å²) >= 11 is 0. The van der Waals surface area contributed by atoms with Crippen LogP contribution in [0.5, 0.6) is 0 Å². The molecule has 0 aliphatic heterocycles. The standard InChI is InChI=1S/C13H26N2O/c1-4-6-13(7-8-13)10-15-11(3)12(16)14-9-5-2/h11,15H,4-10H2,1-3H3,(H,14,16). The van der Waals surface area contributed by atoms with E-state index >= 15 is 0 Å². The fourth-order valence-electron chi connectivity index (χ4n) is 2.09.